The summed E-state index contributed by atoms with van der Waals surface area (Å²) in [5, 5.41) is 0. The fourth-order valence-electron chi connectivity index (χ4n) is 3.36. The van der Waals surface area contributed by atoms with Crippen molar-refractivity contribution in [1.29, 1.82) is 0 Å². The number of halogens is 2. The molecule has 2 heterocycles. The van der Waals surface area contributed by atoms with Crippen LogP contribution in [-0.4, -0.2) is 20.9 Å². The molecule has 0 saturated heterocycles. The fraction of sp³-hybridized carbons (Fsp3) is 0.294. The third-order valence-electron chi connectivity index (χ3n) is 4.45. The summed E-state index contributed by atoms with van der Waals surface area (Å²) >= 11 is 7.18. The molecule has 2 aliphatic rings. The quantitative estimate of drug-likeness (QED) is 0.686. The lowest BCUT2D eigenvalue weighted by Gasteiger charge is -2.45. The van der Waals surface area contributed by atoms with Gasteiger partial charge in [-0.15, -0.1) is 0 Å². The van der Waals surface area contributed by atoms with Crippen LogP contribution in [0.25, 0.3) is 0 Å². The predicted octanol–water partition coefficient (Wildman–Crippen LogP) is 4.53. The van der Waals surface area contributed by atoms with Gasteiger partial charge in [-0.2, -0.15) is 0 Å². The van der Waals surface area contributed by atoms with E-state index in [0.29, 0.717) is 0 Å². The summed E-state index contributed by atoms with van der Waals surface area (Å²) in [5.41, 5.74) is 5.10. The van der Waals surface area contributed by atoms with Crippen LogP contribution in [0.4, 0.5) is 11.4 Å². The maximum absolute atomic E-state index is 5.46. The third-order valence-corrected chi connectivity index (χ3v) is 5.69. The molecule has 4 rings (SSSR count). The van der Waals surface area contributed by atoms with Gasteiger partial charge < -0.3 is 19.3 Å². The average Bonchev–Trinajstić information content (AvgIpc) is 2.54. The molecule has 0 atom stereocenters. The minimum Gasteiger partial charge on any atom is -0.495 e. The number of benzene rings is 2. The molecule has 0 saturated carbocycles. The molecule has 0 aliphatic carbocycles. The summed E-state index contributed by atoms with van der Waals surface area (Å²) in [7, 11) is 3.41. The van der Waals surface area contributed by atoms with Crippen LogP contribution in [0, 0.1) is 0 Å². The van der Waals surface area contributed by atoms with Gasteiger partial charge in [0.1, 0.15) is 11.5 Å². The second-order valence-corrected chi connectivity index (χ2v) is 7.48. The van der Waals surface area contributed by atoms with Gasteiger partial charge in [-0.25, -0.2) is 0 Å². The number of nitrogens with zero attached hydrogens (tertiary/aromatic N) is 2. The van der Waals surface area contributed by atoms with Crippen LogP contribution in [0.1, 0.15) is 11.1 Å². The van der Waals surface area contributed by atoms with Crippen LogP contribution >= 0.6 is 31.9 Å². The maximum Gasteiger partial charge on any atom is 0.135 e. The minimum atomic E-state index is 0.874. The van der Waals surface area contributed by atoms with Crippen LogP contribution in [-0.2, 0) is 13.1 Å². The number of methoxy groups -OCH3 is 2. The molecule has 0 spiro atoms. The Morgan fingerprint density at radius 3 is 1.61 bits per heavy atom. The molecule has 6 heteroatoms. The van der Waals surface area contributed by atoms with E-state index in [0.717, 1.165) is 40.2 Å². The summed E-state index contributed by atoms with van der Waals surface area (Å²) in [6, 6.07) is 8.57. The van der Waals surface area contributed by atoms with Gasteiger partial charge in [0.2, 0.25) is 0 Å². The van der Waals surface area contributed by atoms with Crippen LogP contribution < -0.4 is 19.3 Å². The topological polar surface area (TPSA) is 24.9 Å². The number of hydrogen-bond donors (Lipinski definition) is 0. The molecule has 0 amide bonds. The highest BCUT2D eigenvalue weighted by molar-refractivity contribution is 9.10. The van der Waals surface area contributed by atoms with Gasteiger partial charge in [-0.3, -0.25) is 0 Å². The van der Waals surface area contributed by atoms with E-state index < -0.39 is 0 Å². The first-order valence-electron chi connectivity index (χ1n) is 7.33. The Balaban J connectivity index is 1.80. The van der Waals surface area contributed by atoms with Crippen molar-refractivity contribution >= 4 is 43.2 Å². The van der Waals surface area contributed by atoms with Crippen molar-refractivity contribution in [2.24, 2.45) is 0 Å². The Morgan fingerprint density at radius 1 is 0.783 bits per heavy atom. The summed E-state index contributed by atoms with van der Waals surface area (Å²) in [6.45, 7) is 2.65. The molecule has 2 bridgehead atoms. The van der Waals surface area contributed by atoms with Crippen LogP contribution in [0.2, 0.25) is 0 Å². The van der Waals surface area contributed by atoms with Crippen molar-refractivity contribution in [1.82, 2.24) is 0 Å². The molecule has 0 aromatic heterocycles. The SMILES string of the molecule is COc1cc2c(cc1Br)CN1CN2Cc2cc(Br)c(OC)cc21. The van der Waals surface area contributed by atoms with E-state index in [4.69, 9.17) is 9.47 Å². The Morgan fingerprint density at radius 2 is 1.22 bits per heavy atom. The zero-order chi connectivity index (χ0) is 16.1. The monoisotopic (exact) mass is 438 g/mol. The molecule has 2 aromatic carbocycles. The van der Waals surface area contributed by atoms with E-state index in [1.54, 1.807) is 14.2 Å². The van der Waals surface area contributed by atoms with Crippen molar-refractivity contribution < 1.29 is 9.47 Å². The molecule has 23 heavy (non-hydrogen) atoms. The van der Waals surface area contributed by atoms with Crippen molar-refractivity contribution in [3.8, 4) is 11.5 Å². The highest BCUT2D eigenvalue weighted by Crippen LogP contribution is 2.44. The summed E-state index contributed by atoms with van der Waals surface area (Å²) in [6.07, 6.45) is 0. The molecule has 0 fully saturated rings. The van der Waals surface area contributed by atoms with Crippen molar-refractivity contribution in [3.05, 3.63) is 44.3 Å². The summed E-state index contributed by atoms with van der Waals surface area (Å²) in [4.78, 5) is 4.77. The lowest BCUT2D eigenvalue weighted by Crippen LogP contribution is -2.46. The maximum atomic E-state index is 5.46. The van der Waals surface area contributed by atoms with E-state index in [1.807, 2.05) is 0 Å². The lowest BCUT2D eigenvalue weighted by molar-refractivity contribution is 0.411. The largest absolute Gasteiger partial charge is 0.495 e. The van der Waals surface area contributed by atoms with Crippen molar-refractivity contribution in [3.63, 3.8) is 0 Å². The Labute approximate surface area is 152 Å². The normalized spacial score (nSPS) is 15.1. The zero-order valence-electron chi connectivity index (χ0n) is 12.9. The van der Waals surface area contributed by atoms with Crippen molar-refractivity contribution in [2.75, 3.05) is 30.7 Å². The predicted molar refractivity (Wildman–Crippen MR) is 98.6 cm³/mol. The molecule has 0 radical (unpaired) electrons. The van der Waals surface area contributed by atoms with Gasteiger partial charge in [0.15, 0.2) is 0 Å². The Hall–Kier alpha value is -1.40. The van der Waals surface area contributed by atoms with E-state index in [9.17, 15) is 0 Å². The van der Waals surface area contributed by atoms with Crippen LogP contribution in [0.15, 0.2) is 33.2 Å². The van der Waals surface area contributed by atoms with E-state index in [2.05, 4.69) is 65.9 Å². The summed E-state index contributed by atoms with van der Waals surface area (Å²) in [5.74, 6) is 1.75. The van der Waals surface area contributed by atoms with E-state index in [-0.39, 0.29) is 0 Å². The molecule has 4 nitrogen and oxygen atoms in total. The number of fused-ring (bicyclic) bond motifs is 6. The zero-order valence-corrected chi connectivity index (χ0v) is 16.1. The molecule has 2 aliphatic heterocycles. The minimum absolute atomic E-state index is 0.874. The van der Waals surface area contributed by atoms with Gasteiger partial charge in [0.25, 0.3) is 0 Å². The standard InChI is InChI=1S/C17H16Br2N2O2/c1-22-16-5-14-10(3-12(16)18)7-21-9-20(14)8-11-4-13(19)17(23-2)6-15(11)21/h3-6H,7-9H2,1-2H3. The smallest absolute Gasteiger partial charge is 0.135 e. The Bertz CT molecular complexity index is 729. The first-order valence-corrected chi connectivity index (χ1v) is 8.92. The highest BCUT2D eigenvalue weighted by Gasteiger charge is 2.31. The number of anilines is 2. The number of hydrogen-bond acceptors (Lipinski definition) is 4. The van der Waals surface area contributed by atoms with Gasteiger partial charge >= 0.3 is 0 Å². The van der Waals surface area contributed by atoms with Crippen LogP contribution in [0.5, 0.6) is 11.5 Å². The molecular formula is C17H16Br2N2O2. The fourth-order valence-corrected chi connectivity index (χ4v) is 4.47. The van der Waals surface area contributed by atoms with Gasteiger partial charge in [-0.1, -0.05) is 0 Å². The second kappa shape index (κ2) is 5.60. The van der Waals surface area contributed by atoms with Crippen molar-refractivity contribution in [2.45, 2.75) is 13.1 Å². The molecule has 120 valence electrons. The molecule has 0 N–H and O–H groups in total. The lowest BCUT2D eigenvalue weighted by atomic mass is 10.0. The average molecular weight is 440 g/mol. The second-order valence-electron chi connectivity index (χ2n) is 5.77. The number of ether oxygens (including phenoxy) is 2. The first-order chi connectivity index (χ1) is 11.1. The van der Waals surface area contributed by atoms with Gasteiger partial charge in [-0.05, 0) is 55.1 Å². The third kappa shape index (κ3) is 2.39. The molecular weight excluding hydrogens is 424 g/mol. The molecule has 2 aromatic rings. The Kier molecular flexibility index (Phi) is 3.69. The van der Waals surface area contributed by atoms with Gasteiger partial charge in [0.05, 0.1) is 29.8 Å². The highest BCUT2D eigenvalue weighted by atomic mass is 79.9. The number of rotatable bonds is 2. The van der Waals surface area contributed by atoms with E-state index in [1.165, 1.54) is 22.5 Å². The summed E-state index contributed by atoms with van der Waals surface area (Å²) < 4.78 is 12.9. The molecule has 0 unspecified atom stereocenters. The first kappa shape index (κ1) is 15.1. The van der Waals surface area contributed by atoms with Gasteiger partial charge in [0, 0.05) is 36.6 Å². The van der Waals surface area contributed by atoms with E-state index >= 15 is 0 Å². The van der Waals surface area contributed by atoms with Crippen LogP contribution in [0.3, 0.4) is 0 Å².